The molecule has 0 amide bonds. The number of benzene rings is 1. The fourth-order valence-electron chi connectivity index (χ4n) is 2.00. The Balaban J connectivity index is 2.12. The van der Waals surface area contributed by atoms with Crippen molar-refractivity contribution in [2.24, 2.45) is 0 Å². The zero-order chi connectivity index (χ0) is 10.7. The molecule has 0 unspecified atom stereocenters. The molecule has 1 aliphatic rings. The normalized spacial score (nSPS) is 17.7. The summed E-state index contributed by atoms with van der Waals surface area (Å²) < 4.78 is 5.58. The Morgan fingerprint density at radius 1 is 1.40 bits per heavy atom. The molecule has 1 aromatic carbocycles. The number of nitrogens with one attached hydrogen (secondary N) is 1. The second-order valence-electron chi connectivity index (χ2n) is 4.25. The van der Waals surface area contributed by atoms with Gasteiger partial charge in [0.05, 0.1) is 5.60 Å². The molecule has 0 saturated heterocycles. The van der Waals surface area contributed by atoms with Gasteiger partial charge in [-0.05, 0) is 44.0 Å². The highest BCUT2D eigenvalue weighted by Crippen LogP contribution is 2.48. The molecule has 0 bridgehead atoms. The predicted octanol–water partition coefficient (Wildman–Crippen LogP) is 2.08. The van der Waals surface area contributed by atoms with Crippen LogP contribution in [0.15, 0.2) is 24.3 Å². The molecule has 0 spiro atoms. The first-order valence-corrected chi connectivity index (χ1v) is 5.60. The third-order valence-electron chi connectivity index (χ3n) is 3.21. The average molecular weight is 205 g/mol. The Labute approximate surface area is 91.6 Å². The topological polar surface area (TPSA) is 21.3 Å². The third kappa shape index (κ3) is 2.21. The molecule has 2 heteroatoms. The van der Waals surface area contributed by atoms with Crippen molar-refractivity contribution in [2.75, 3.05) is 20.7 Å². The molecule has 0 heterocycles. The lowest BCUT2D eigenvalue weighted by molar-refractivity contribution is 0.0788. The van der Waals surface area contributed by atoms with Gasteiger partial charge in [-0.3, -0.25) is 0 Å². The molecule has 1 N–H and O–H groups in total. The van der Waals surface area contributed by atoms with Gasteiger partial charge in [0.25, 0.3) is 0 Å². The van der Waals surface area contributed by atoms with E-state index >= 15 is 0 Å². The molecular formula is C13H19NO. The number of rotatable bonds is 5. The van der Waals surface area contributed by atoms with Gasteiger partial charge in [-0.2, -0.15) is 0 Å². The lowest BCUT2D eigenvalue weighted by Crippen LogP contribution is -2.12. The lowest BCUT2D eigenvalue weighted by Gasteiger charge is -2.14. The molecule has 0 radical (unpaired) electrons. The smallest absolute Gasteiger partial charge is 0.0930 e. The molecular weight excluding hydrogens is 186 g/mol. The van der Waals surface area contributed by atoms with Crippen LogP contribution in [0, 0.1) is 0 Å². The SMILES string of the molecule is CNCCc1cccc(C2(OC)CC2)c1. The minimum Gasteiger partial charge on any atom is -0.374 e. The first kappa shape index (κ1) is 10.7. The molecule has 1 fully saturated rings. The Morgan fingerprint density at radius 2 is 2.20 bits per heavy atom. The van der Waals surface area contributed by atoms with Crippen molar-refractivity contribution in [3.8, 4) is 0 Å². The highest BCUT2D eigenvalue weighted by atomic mass is 16.5. The van der Waals surface area contributed by atoms with Crippen molar-refractivity contribution in [3.05, 3.63) is 35.4 Å². The van der Waals surface area contributed by atoms with Gasteiger partial charge in [-0.1, -0.05) is 24.3 Å². The molecule has 0 atom stereocenters. The van der Waals surface area contributed by atoms with E-state index in [1.54, 1.807) is 0 Å². The summed E-state index contributed by atoms with van der Waals surface area (Å²) in [5.41, 5.74) is 2.79. The standard InChI is InChI=1S/C13H19NO/c1-14-9-6-11-4-3-5-12(10-11)13(15-2)7-8-13/h3-5,10,14H,6-9H2,1-2H3. The first-order chi connectivity index (χ1) is 7.30. The summed E-state index contributed by atoms with van der Waals surface area (Å²) in [4.78, 5) is 0. The van der Waals surface area contributed by atoms with Crippen molar-refractivity contribution in [1.29, 1.82) is 0 Å². The average Bonchev–Trinajstić information content (AvgIpc) is 3.08. The minimum atomic E-state index is 0.0512. The second kappa shape index (κ2) is 4.33. The predicted molar refractivity (Wildman–Crippen MR) is 62.0 cm³/mol. The molecule has 1 aromatic rings. The van der Waals surface area contributed by atoms with Crippen molar-refractivity contribution in [1.82, 2.24) is 5.32 Å². The van der Waals surface area contributed by atoms with Gasteiger partial charge in [0.15, 0.2) is 0 Å². The summed E-state index contributed by atoms with van der Waals surface area (Å²) in [7, 11) is 3.80. The van der Waals surface area contributed by atoms with E-state index in [0.717, 1.165) is 13.0 Å². The van der Waals surface area contributed by atoms with Crippen LogP contribution in [0.25, 0.3) is 0 Å². The van der Waals surface area contributed by atoms with Crippen molar-refractivity contribution in [3.63, 3.8) is 0 Å². The summed E-state index contributed by atoms with van der Waals surface area (Å²) in [6.45, 7) is 1.03. The first-order valence-electron chi connectivity index (χ1n) is 5.60. The monoisotopic (exact) mass is 205 g/mol. The third-order valence-corrected chi connectivity index (χ3v) is 3.21. The Morgan fingerprint density at radius 3 is 2.80 bits per heavy atom. The maximum atomic E-state index is 5.58. The molecule has 1 saturated carbocycles. The molecule has 82 valence electrons. The van der Waals surface area contributed by atoms with Gasteiger partial charge < -0.3 is 10.1 Å². The molecule has 0 aromatic heterocycles. The summed E-state index contributed by atoms with van der Waals surface area (Å²) in [6.07, 6.45) is 3.42. The van der Waals surface area contributed by atoms with Gasteiger partial charge >= 0.3 is 0 Å². The fourth-order valence-corrected chi connectivity index (χ4v) is 2.00. The Bertz CT molecular complexity index is 331. The highest BCUT2D eigenvalue weighted by molar-refractivity contribution is 5.32. The van der Waals surface area contributed by atoms with Crippen LogP contribution in [0.2, 0.25) is 0 Å². The van der Waals surface area contributed by atoms with E-state index in [9.17, 15) is 0 Å². The van der Waals surface area contributed by atoms with Gasteiger partial charge in [0.2, 0.25) is 0 Å². The van der Waals surface area contributed by atoms with E-state index in [1.165, 1.54) is 24.0 Å². The largest absolute Gasteiger partial charge is 0.374 e. The van der Waals surface area contributed by atoms with Crippen molar-refractivity contribution >= 4 is 0 Å². The van der Waals surface area contributed by atoms with Crippen LogP contribution in [0.5, 0.6) is 0 Å². The van der Waals surface area contributed by atoms with Crippen LogP contribution in [-0.2, 0) is 16.8 Å². The second-order valence-corrected chi connectivity index (χ2v) is 4.25. The van der Waals surface area contributed by atoms with Gasteiger partial charge in [-0.25, -0.2) is 0 Å². The van der Waals surface area contributed by atoms with Crippen LogP contribution in [-0.4, -0.2) is 20.7 Å². The number of hydrogen-bond donors (Lipinski definition) is 1. The van der Waals surface area contributed by atoms with Gasteiger partial charge in [-0.15, -0.1) is 0 Å². The zero-order valence-electron chi connectivity index (χ0n) is 9.55. The molecule has 2 nitrogen and oxygen atoms in total. The quantitative estimate of drug-likeness (QED) is 0.794. The van der Waals surface area contributed by atoms with Gasteiger partial charge in [0, 0.05) is 7.11 Å². The van der Waals surface area contributed by atoms with E-state index in [-0.39, 0.29) is 5.60 Å². The van der Waals surface area contributed by atoms with Crippen LogP contribution in [0.3, 0.4) is 0 Å². The molecule has 0 aliphatic heterocycles. The molecule has 1 aliphatic carbocycles. The summed E-state index contributed by atoms with van der Waals surface area (Å²) in [6, 6.07) is 8.79. The maximum absolute atomic E-state index is 5.58. The maximum Gasteiger partial charge on any atom is 0.0930 e. The van der Waals surface area contributed by atoms with Crippen LogP contribution < -0.4 is 5.32 Å². The fraction of sp³-hybridized carbons (Fsp3) is 0.538. The Kier molecular flexibility index (Phi) is 3.08. The van der Waals surface area contributed by atoms with E-state index < -0.39 is 0 Å². The minimum absolute atomic E-state index is 0.0512. The van der Waals surface area contributed by atoms with E-state index in [0.29, 0.717) is 0 Å². The zero-order valence-corrected chi connectivity index (χ0v) is 9.55. The van der Waals surface area contributed by atoms with Gasteiger partial charge in [0.1, 0.15) is 0 Å². The summed E-state index contributed by atoms with van der Waals surface area (Å²) >= 11 is 0. The molecule has 15 heavy (non-hydrogen) atoms. The van der Waals surface area contributed by atoms with Crippen molar-refractivity contribution in [2.45, 2.75) is 24.9 Å². The van der Waals surface area contributed by atoms with E-state index in [2.05, 4.69) is 29.6 Å². The number of hydrogen-bond acceptors (Lipinski definition) is 2. The summed E-state index contributed by atoms with van der Waals surface area (Å²) in [5.74, 6) is 0. The summed E-state index contributed by atoms with van der Waals surface area (Å²) in [5, 5.41) is 3.17. The number of ether oxygens (including phenoxy) is 1. The van der Waals surface area contributed by atoms with E-state index in [1.807, 2.05) is 14.2 Å². The highest BCUT2D eigenvalue weighted by Gasteiger charge is 2.44. The van der Waals surface area contributed by atoms with Crippen LogP contribution >= 0.6 is 0 Å². The van der Waals surface area contributed by atoms with Crippen molar-refractivity contribution < 1.29 is 4.74 Å². The molecule has 2 rings (SSSR count). The number of likely N-dealkylation sites (N-methyl/N-ethyl adjacent to an activating group) is 1. The van der Waals surface area contributed by atoms with Crippen LogP contribution in [0.4, 0.5) is 0 Å². The van der Waals surface area contributed by atoms with E-state index in [4.69, 9.17) is 4.74 Å². The Hall–Kier alpha value is -0.860. The number of methoxy groups -OCH3 is 1. The van der Waals surface area contributed by atoms with Crippen LogP contribution in [0.1, 0.15) is 24.0 Å². The lowest BCUT2D eigenvalue weighted by atomic mass is 10.0.